The van der Waals surface area contributed by atoms with Crippen LogP contribution in [-0.2, 0) is 4.79 Å². The van der Waals surface area contributed by atoms with Crippen molar-refractivity contribution >= 4 is 34.9 Å². The van der Waals surface area contributed by atoms with Gasteiger partial charge in [0.05, 0.1) is 17.6 Å². The van der Waals surface area contributed by atoms with Crippen molar-refractivity contribution in [2.24, 2.45) is 0 Å². The summed E-state index contributed by atoms with van der Waals surface area (Å²) in [7, 11) is 1.48. The number of benzene rings is 2. The number of amides is 3. The molecule has 3 rings (SSSR count). The van der Waals surface area contributed by atoms with Crippen molar-refractivity contribution in [2.45, 2.75) is 6.92 Å². The van der Waals surface area contributed by atoms with Crippen LogP contribution in [0.1, 0.15) is 21.5 Å². The van der Waals surface area contributed by atoms with Crippen LogP contribution < -0.4 is 10.1 Å². The molecule has 1 fully saturated rings. The van der Waals surface area contributed by atoms with Crippen LogP contribution >= 0.6 is 11.8 Å². The summed E-state index contributed by atoms with van der Waals surface area (Å²) in [5, 5.41) is 2.29. The van der Waals surface area contributed by atoms with Crippen LogP contribution in [0, 0.1) is 12.7 Å². The first-order chi connectivity index (χ1) is 13.9. The molecule has 2 aromatic rings. The molecule has 6 nitrogen and oxygen atoms in total. The molecule has 0 atom stereocenters. The van der Waals surface area contributed by atoms with Gasteiger partial charge in [0, 0.05) is 13.1 Å². The zero-order chi connectivity index (χ0) is 21.0. The van der Waals surface area contributed by atoms with Crippen LogP contribution in [-0.4, -0.2) is 42.2 Å². The lowest BCUT2D eigenvalue weighted by molar-refractivity contribution is -0.122. The highest BCUT2D eigenvalue weighted by atomic mass is 32.2. The fraction of sp³-hybridized carbons (Fsp3) is 0.190. The van der Waals surface area contributed by atoms with E-state index in [0.29, 0.717) is 16.9 Å². The molecule has 1 N–H and O–H groups in total. The van der Waals surface area contributed by atoms with Gasteiger partial charge in [0.2, 0.25) is 0 Å². The van der Waals surface area contributed by atoms with Crippen molar-refractivity contribution < 1.29 is 23.5 Å². The Labute approximate surface area is 171 Å². The zero-order valence-electron chi connectivity index (χ0n) is 15.9. The number of hydrogen-bond donors (Lipinski definition) is 1. The molecule has 1 heterocycles. The Hall–Kier alpha value is -3.13. The average molecular weight is 414 g/mol. The van der Waals surface area contributed by atoms with Crippen molar-refractivity contribution in [2.75, 3.05) is 20.2 Å². The van der Waals surface area contributed by atoms with E-state index in [1.165, 1.54) is 31.4 Å². The van der Waals surface area contributed by atoms with E-state index in [0.717, 1.165) is 22.2 Å². The minimum atomic E-state index is -0.438. The Bertz CT molecular complexity index is 989. The average Bonchev–Trinajstić information content (AvgIpc) is 2.97. The van der Waals surface area contributed by atoms with Crippen LogP contribution in [0.15, 0.2) is 47.4 Å². The smallest absolute Gasteiger partial charge is 0.293 e. The van der Waals surface area contributed by atoms with E-state index in [2.05, 4.69) is 5.32 Å². The maximum atomic E-state index is 13.0. The molecule has 0 bridgehead atoms. The second kappa shape index (κ2) is 8.91. The Kier molecular flexibility index (Phi) is 6.33. The van der Waals surface area contributed by atoms with E-state index in [9.17, 15) is 18.8 Å². The molecule has 8 heteroatoms. The molecule has 3 amide bonds. The highest BCUT2D eigenvalue weighted by Crippen LogP contribution is 2.31. The van der Waals surface area contributed by atoms with Crippen LogP contribution in [0.5, 0.6) is 5.75 Å². The third-order valence-corrected chi connectivity index (χ3v) is 5.17. The fourth-order valence-corrected chi connectivity index (χ4v) is 3.64. The quantitative estimate of drug-likeness (QED) is 0.731. The Balaban J connectivity index is 1.62. The summed E-state index contributed by atoms with van der Waals surface area (Å²) in [5.41, 5.74) is 1.92. The summed E-state index contributed by atoms with van der Waals surface area (Å²) >= 11 is 0.816. The van der Waals surface area contributed by atoms with Gasteiger partial charge >= 0.3 is 0 Å². The standard InChI is InChI=1S/C21H19FN2O4S/c1-13-3-8-17(28-2)16(11-13)19(25)23-9-10-24-20(26)18(29-21(24)27)12-14-4-6-15(22)7-5-14/h3-8,11-12H,9-10H2,1-2H3,(H,23,25)/b18-12-. The molecular weight excluding hydrogens is 395 g/mol. The SMILES string of the molecule is COc1ccc(C)cc1C(=O)NCCN1C(=O)S/C(=C\c2ccc(F)cc2)C1=O. The molecule has 0 aromatic heterocycles. The van der Waals surface area contributed by atoms with Gasteiger partial charge in [-0.05, 0) is 54.6 Å². The van der Waals surface area contributed by atoms with E-state index >= 15 is 0 Å². The number of rotatable bonds is 6. The number of ether oxygens (including phenoxy) is 1. The lowest BCUT2D eigenvalue weighted by Gasteiger charge is -2.14. The maximum absolute atomic E-state index is 13.0. The molecule has 0 saturated carbocycles. The minimum absolute atomic E-state index is 0.0469. The van der Waals surface area contributed by atoms with Crippen molar-refractivity contribution in [3.05, 3.63) is 69.9 Å². The summed E-state index contributed by atoms with van der Waals surface area (Å²) < 4.78 is 18.2. The normalized spacial score (nSPS) is 15.1. The van der Waals surface area contributed by atoms with Gasteiger partial charge in [-0.2, -0.15) is 0 Å². The third kappa shape index (κ3) is 4.83. The van der Waals surface area contributed by atoms with E-state index < -0.39 is 11.1 Å². The Morgan fingerprint density at radius 3 is 2.62 bits per heavy atom. The Morgan fingerprint density at radius 1 is 1.21 bits per heavy atom. The van der Waals surface area contributed by atoms with Crippen molar-refractivity contribution in [1.82, 2.24) is 10.2 Å². The van der Waals surface area contributed by atoms with Crippen LogP contribution in [0.4, 0.5) is 9.18 Å². The first kappa shape index (κ1) is 20.6. The molecule has 29 heavy (non-hydrogen) atoms. The Morgan fingerprint density at radius 2 is 1.93 bits per heavy atom. The number of nitrogens with one attached hydrogen (secondary N) is 1. The molecular formula is C21H19FN2O4S. The van der Waals surface area contributed by atoms with Crippen molar-refractivity contribution in [3.63, 3.8) is 0 Å². The summed E-state index contributed by atoms with van der Waals surface area (Å²) in [4.78, 5) is 38.4. The summed E-state index contributed by atoms with van der Waals surface area (Å²) in [6.07, 6.45) is 1.54. The number of carbonyl (C=O) groups excluding carboxylic acids is 3. The zero-order valence-corrected chi connectivity index (χ0v) is 16.7. The molecule has 2 aromatic carbocycles. The topological polar surface area (TPSA) is 75.7 Å². The largest absolute Gasteiger partial charge is 0.496 e. The molecule has 150 valence electrons. The van der Waals surface area contributed by atoms with Gasteiger partial charge in [-0.3, -0.25) is 19.3 Å². The number of aryl methyl sites for hydroxylation is 1. The third-order valence-electron chi connectivity index (χ3n) is 4.26. The van der Waals surface area contributed by atoms with Gasteiger partial charge in [-0.25, -0.2) is 4.39 Å². The van der Waals surface area contributed by atoms with E-state index in [1.807, 2.05) is 13.0 Å². The van der Waals surface area contributed by atoms with Gasteiger partial charge in [-0.15, -0.1) is 0 Å². The van der Waals surface area contributed by atoms with Gasteiger partial charge in [0.25, 0.3) is 17.1 Å². The van der Waals surface area contributed by atoms with Crippen molar-refractivity contribution in [3.8, 4) is 5.75 Å². The molecule has 1 saturated heterocycles. The number of carbonyl (C=O) groups is 3. The number of nitrogens with zero attached hydrogens (tertiary/aromatic N) is 1. The highest BCUT2D eigenvalue weighted by Gasteiger charge is 2.34. The van der Waals surface area contributed by atoms with Gasteiger partial charge in [-0.1, -0.05) is 23.8 Å². The lowest BCUT2D eigenvalue weighted by Crippen LogP contribution is -2.37. The fourth-order valence-electron chi connectivity index (χ4n) is 2.78. The maximum Gasteiger partial charge on any atom is 0.293 e. The predicted molar refractivity (Wildman–Crippen MR) is 109 cm³/mol. The minimum Gasteiger partial charge on any atom is -0.496 e. The second-order valence-electron chi connectivity index (χ2n) is 6.34. The van der Waals surface area contributed by atoms with Crippen LogP contribution in [0.3, 0.4) is 0 Å². The summed E-state index contributed by atoms with van der Waals surface area (Å²) in [6, 6.07) is 10.9. The van der Waals surface area contributed by atoms with E-state index in [1.54, 1.807) is 18.2 Å². The number of halogens is 1. The summed E-state index contributed by atoms with van der Waals surface area (Å²) in [6.45, 7) is 2.02. The lowest BCUT2D eigenvalue weighted by atomic mass is 10.1. The van der Waals surface area contributed by atoms with Gasteiger partial charge in [0.1, 0.15) is 11.6 Å². The summed E-state index contributed by atoms with van der Waals surface area (Å²) in [5.74, 6) is -0.719. The van der Waals surface area contributed by atoms with E-state index in [4.69, 9.17) is 4.74 Å². The monoisotopic (exact) mass is 414 g/mol. The van der Waals surface area contributed by atoms with Gasteiger partial charge in [0.15, 0.2) is 0 Å². The number of imide groups is 1. The molecule has 0 radical (unpaired) electrons. The number of hydrogen-bond acceptors (Lipinski definition) is 5. The molecule has 0 unspecified atom stereocenters. The molecule has 1 aliphatic rings. The number of methoxy groups -OCH3 is 1. The first-order valence-corrected chi connectivity index (χ1v) is 9.64. The molecule has 0 aliphatic carbocycles. The highest BCUT2D eigenvalue weighted by molar-refractivity contribution is 8.18. The second-order valence-corrected chi connectivity index (χ2v) is 7.34. The van der Waals surface area contributed by atoms with Crippen LogP contribution in [0.25, 0.3) is 6.08 Å². The van der Waals surface area contributed by atoms with Crippen molar-refractivity contribution in [1.29, 1.82) is 0 Å². The molecule has 1 aliphatic heterocycles. The predicted octanol–water partition coefficient (Wildman–Crippen LogP) is 3.61. The van der Waals surface area contributed by atoms with Gasteiger partial charge < -0.3 is 10.1 Å². The van der Waals surface area contributed by atoms with E-state index in [-0.39, 0.29) is 29.7 Å². The number of thioether (sulfide) groups is 1. The molecule has 0 spiro atoms. The van der Waals surface area contributed by atoms with Crippen LogP contribution in [0.2, 0.25) is 0 Å². The first-order valence-electron chi connectivity index (χ1n) is 8.83.